The minimum absolute atomic E-state index is 0. The van der Waals surface area contributed by atoms with Crippen LogP contribution in [0.5, 0.6) is 0 Å². The van der Waals surface area contributed by atoms with Gasteiger partial charge in [0.25, 0.3) is 0 Å². The zero-order chi connectivity index (χ0) is 10.9. The van der Waals surface area contributed by atoms with Crippen molar-refractivity contribution in [3.63, 3.8) is 0 Å². The van der Waals surface area contributed by atoms with Gasteiger partial charge in [-0.2, -0.15) is 4.90 Å². The molecular weight excluding hydrogens is 220 g/mol. The minimum atomic E-state index is -2.33. The van der Waals surface area contributed by atoms with Gasteiger partial charge in [-0.3, -0.25) is 18.2 Å². The van der Waals surface area contributed by atoms with E-state index < -0.39 is 9.73 Å². The van der Waals surface area contributed by atoms with Crippen LogP contribution in [-0.4, -0.2) is 15.5 Å². The van der Waals surface area contributed by atoms with Crippen LogP contribution in [0.2, 0.25) is 0 Å². The van der Waals surface area contributed by atoms with Crippen LogP contribution in [0.15, 0.2) is 27.5 Å². The zero-order valence-electron chi connectivity index (χ0n) is 11.1. The quantitative estimate of drug-likeness (QED) is 0.370. The molecule has 0 N–H and O–H groups in total. The molecular formula is C12H15Li2NOS. The molecule has 2 rings (SSSR count). The summed E-state index contributed by atoms with van der Waals surface area (Å²) in [5, 5.41) is 0. The average molecular weight is 235 g/mol. The van der Waals surface area contributed by atoms with Crippen LogP contribution in [0.4, 0.5) is 0 Å². The number of rotatable bonds is 1. The summed E-state index contributed by atoms with van der Waals surface area (Å²) < 4.78 is 16.9. The Morgan fingerprint density at radius 1 is 1.29 bits per heavy atom. The van der Waals surface area contributed by atoms with Crippen molar-refractivity contribution >= 4 is 9.73 Å². The van der Waals surface area contributed by atoms with E-state index in [1.807, 2.05) is 19.9 Å². The van der Waals surface area contributed by atoms with Crippen molar-refractivity contribution in [3.05, 3.63) is 30.3 Å². The molecule has 0 radical (unpaired) electrons. The van der Waals surface area contributed by atoms with Crippen LogP contribution in [-0.2, 0) is 9.73 Å². The van der Waals surface area contributed by atoms with Crippen LogP contribution in [0, 0.1) is 12.1 Å². The summed E-state index contributed by atoms with van der Waals surface area (Å²) >= 11 is 0. The molecule has 0 fully saturated rings. The summed E-state index contributed by atoms with van der Waals surface area (Å²) in [7, 11) is -2.33. The number of benzene rings is 1. The van der Waals surface area contributed by atoms with Crippen molar-refractivity contribution in [2.75, 3.05) is 6.54 Å². The first-order valence-corrected chi connectivity index (χ1v) is 6.69. The normalized spacial score (nSPS) is 26.0. The van der Waals surface area contributed by atoms with E-state index in [2.05, 4.69) is 16.5 Å². The van der Waals surface area contributed by atoms with Crippen LogP contribution in [0.1, 0.15) is 26.7 Å². The Kier molecular flexibility index (Phi) is 6.65. The van der Waals surface area contributed by atoms with Gasteiger partial charge in [0.15, 0.2) is 0 Å². The zero-order valence-corrected chi connectivity index (χ0v) is 11.9. The van der Waals surface area contributed by atoms with Gasteiger partial charge in [-0.25, -0.2) is 8.57 Å². The Morgan fingerprint density at radius 3 is 2.41 bits per heavy atom. The fourth-order valence-corrected chi connectivity index (χ4v) is 4.14. The van der Waals surface area contributed by atoms with Crippen LogP contribution in [0.3, 0.4) is 0 Å². The molecule has 1 aromatic carbocycles. The molecule has 0 aliphatic carbocycles. The van der Waals surface area contributed by atoms with Crippen molar-refractivity contribution < 1.29 is 41.9 Å². The molecule has 0 saturated heterocycles. The molecule has 82 valence electrons. The molecule has 5 heteroatoms. The Balaban J connectivity index is 0.00000128. The smallest absolute Gasteiger partial charge is 0.342 e. The van der Waals surface area contributed by atoms with Gasteiger partial charge in [0.1, 0.15) is 0 Å². The average Bonchev–Trinajstić information content (AvgIpc) is 2.24. The van der Waals surface area contributed by atoms with Gasteiger partial charge in [0.2, 0.25) is 0 Å². The third kappa shape index (κ3) is 3.22. The van der Waals surface area contributed by atoms with Crippen molar-refractivity contribution in [1.82, 2.24) is 0 Å². The number of hydrogen-bond acceptors (Lipinski definition) is 2. The first kappa shape index (κ1) is 17.4. The van der Waals surface area contributed by atoms with Crippen molar-refractivity contribution in [3.8, 4) is 0 Å². The fourth-order valence-electron chi connectivity index (χ4n) is 1.85. The molecule has 1 aromatic rings. The largest absolute Gasteiger partial charge is 1.00 e. The molecule has 0 saturated carbocycles. The van der Waals surface area contributed by atoms with E-state index in [4.69, 9.17) is 0 Å². The maximum atomic E-state index is 12.8. The molecule has 0 unspecified atom stereocenters. The van der Waals surface area contributed by atoms with E-state index in [1.54, 1.807) is 12.1 Å². The van der Waals surface area contributed by atoms with Gasteiger partial charge in [-0.1, -0.05) is 0 Å². The maximum Gasteiger partial charge on any atom is 1.00 e. The van der Waals surface area contributed by atoms with Gasteiger partial charge in [-0.05, 0) is 26.7 Å². The summed E-state index contributed by atoms with van der Waals surface area (Å²) in [5.41, 5.74) is 0. The predicted molar refractivity (Wildman–Crippen MR) is 61.1 cm³/mol. The predicted octanol–water partition coefficient (Wildman–Crippen LogP) is -3.31. The van der Waals surface area contributed by atoms with E-state index in [0.29, 0.717) is 11.4 Å². The second-order valence-corrected chi connectivity index (χ2v) is 7.21. The Labute approximate surface area is 128 Å². The van der Waals surface area contributed by atoms with E-state index in [9.17, 15) is 4.21 Å². The first-order valence-electron chi connectivity index (χ1n) is 5.17. The van der Waals surface area contributed by atoms with Gasteiger partial charge in [0, 0.05) is 21.0 Å². The molecule has 0 spiro atoms. The monoisotopic (exact) mass is 235 g/mol. The van der Waals surface area contributed by atoms with Gasteiger partial charge < -0.3 is 12.1 Å². The Hall–Kier alpha value is 0.365. The molecule has 0 aromatic heterocycles. The summed E-state index contributed by atoms with van der Waals surface area (Å²) in [4.78, 5) is 0.634. The van der Waals surface area contributed by atoms with Gasteiger partial charge in [-0.15, -0.1) is 0 Å². The fraction of sp³-hybridized carbons (Fsp3) is 0.500. The second kappa shape index (κ2) is 6.51. The Morgan fingerprint density at radius 2 is 1.88 bits per heavy atom. The summed E-state index contributed by atoms with van der Waals surface area (Å²) in [5.74, 6) is 0. The SMILES string of the molecule is CC1(C)CCCN=[S@]1(=O)c1[c-]ccc[c-]1.[Li+].[Li+]. The third-order valence-electron chi connectivity index (χ3n) is 2.86. The number of nitrogens with zero attached hydrogens (tertiary/aromatic N) is 1. The summed E-state index contributed by atoms with van der Waals surface area (Å²) in [6.07, 6.45) is 1.97. The van der Waals surface area contributed by atoms with E-state index >= 15 is 0 Å². The van der Waals surface area contributed by atoms with E-state index in [-0.39, 0.29) is 42.5 Å². The van der Waals surface area contributed by atoms with Gasteiger partial charge in [0.05, 0.1) is 0 Å². The van der Waals surface area contributed by atoms with Crippen LogP contribution in [0.25, 0.3) is 0 Å². The molecule has 1 aliphatic rings. The molecule has 1 heterocycles. The molecule has 17 heavy (non-hydrogen) atoms. The molecule has 0 bridgehead atoms. The maximum absolute atomic E-state index is 12.8. The van der Waals surface area contributed by atoms with E-state index in [1.165, 1.54) is 0 Å². The third-order valence-corrected chi connectivity index (χ3v) is 5.89. The molecule has 0 amide bonds. The summed E-state index contributed by atoms with van der Waals surface area (Å²) in [6.45, 7) is 4.73. The van der Waals surface area contributed by atoms with E-state index in [0.717, 1.165) is 12.8 Å². The topological polar surface area (TPSA) is 29.4 Å². The second-order valence-electron chi connectivity index (χ2n) is 4.39. The van der Waals surface area contributed by atoms with Crippen LogP contribution >= 0.6 is 0 Å². The first-order chi connectivity index (χ1) is 7.06. The van der Waals surface area contributed by atoms with Crippen molar-refractivity contribution in [2.45, 2.75) is 36.3 Å². The van der Waals surface area contributed by atoms with Crippen LogP contribution < -0.4 is 37.7 Å². The Bertz CT molecular complexity index is 465. The molecule has 1 aliphatic heterocycles. The van der Waals surface area contributed by atoms with Crippen molar-refractivity contribution in [2.24, 2.45) is 4.36 Å². The standard InChI is InChI=1S/C12H15NOS.2Li/c1-12(2)9-6-10-13-15(12,14)11-7-4-3-5-8-11;;/h3-5H,6,9-10H2,1-2H3;;/q-2;2*+1/t15-;;/m0../s1. The minimum Gasteiger partial charge on any atom is -0.342 e. The number of hydrogen-bond donors (Lipinski definition) is 0. The summed E-state index contributed by atoms with van der Waals surface area (Å²) in [6, 6.07) is 11.4. The van der Waals surface area contributed by atoms with Gasteiger partial charge >= 0.3 is 37.7 Å². The molecule has 2 nitrogen and oxygen atoms in total. The van der Waals surface area contributed by atoms with Crippen molar-refractivity contribution in [1.29, 1.82) is 0 Å². The molecule has 1 atom stereocenters.